The molecule has 3 aromatic heterocycles. The normalized spacial score (nSPS) is 11.3. The summed E-state index contributed by atoms with van der Waals surface area (Å²) in [7, 11) is 3.21. The predicted molar refractivity (Wildman–Crippen MR) is 221 cm³/mol. The number of benzene rings is 1. The van der Waals surface area contributed by atoms with Crippen molar-refractivity contribution in [1.29, 1.82) is 0 Å². The van der Waals surface area contributed by atoms with Gasteiger partial charge in [0.1, 0.15) is 11.2 Å². The molecule has 0 saturated heterocycles. The molecule has 1 aromatic carbocycles. The van der Waals surface area contributed by atoms with Gasteiger partial charge in [-0.25, -0.2) is 14.5 Å². The minimum absolute atomic E-state index is 0.0866. The molecule has 0 unspecified atom stereocenters. The van der Waals surface area contributed by atoms with Gasteiger partial charge in [-0.1, -0.05) is 115 Å². The smallest absolute Gasteiger partial charge is 0.344 e. The lowest BCUT2D eigenvalue weighted by molar-refractivity contribution is 0.0945. The first-order valence-electron chi connectivity index (χ1n) is 20.2. The van der Waals surface area contributed by atoms with Gasteiger partial charge in [0, 0.05) is 43.5 Å². The standard InChI is InChI=1S/C42H61ClN8O4/c1-7-8-9-10-11-12-13-14-15-16-17-18-19-20-21-22-26-49(5)42(54)50-29-32-27-31(4)37(36(38(32)48-50)41(53)45-30(2)3)46-40(52)34-28-35(55-6)47-51(34)39-33(43)24-23-25-44-39/h23-25,27-30H,7-22,26H2,1-6H3,(H,45,53)(H,46,52). The lowest BCUT2D eigenvalue weighted by Crippen LogP contribution is -2.33. The molecule has 2 N–H and O–H groups in total. The Balaban J connectivity index is 1.36. The largest absolute Gasteiger partial charge is 0.480 e. The van der Waals surface area contributed by atoms with Crippen molar-refractivity contribution in [2.45, 2.75) is 136 Å². The van der Waals surface area contributed by atoms with Crippen molar-refractivity contribution in [2.24, 2.45) is 0 Å². The Hall–Kier alpha value is -4.45. The fourth-order valence-electron chi connectivity index (χ4n) is 6.78. The van der Waals surface area contributed by atoms with Crippen molar-refractivity contribution in [1.82, 2.24) is 34.8 Å². The Morgan fingerprint density at radius 1 is 0.873 bits per heavy atom. The summed E-state index contributed by atoms with van der Waals surface area (Å²) in [6.07, 6.45) is 23.9. The van der Waals surface area contributed by atoms with Gasteiger partial charge >= 0.3 is 6.03 Å². The van der Waals surface area contributed by atoms with E-state index in [2.05, 4.69) is 32.7 Å². The molecular weight excluding hydrogens is 716 g/mol. The average Bonchev–Trinajstić information content (AvgIpc) is 3.79. The Labute approximate surface area is 331 Å². The summed E-state index contributed by atoms with van der Waals surface area (Å²) < 4.78 is 7.88. The van der Waals surface area contributed by atoms with Crippen LogP contribution in [0.25, 0.3) is 16.7 Å². The number of carbonyl (C=O) groups excluding carboxylic acids is 3. The zero-order chi connectivity index (χ0) is 39.7. The minimum atomic E-state index is -0.576. The molecule has 3 amide bonds. The average molecular weight is 777 g/mol. The van der Waals surface area contributed by atoms with Gasteiger partial charge in [-0.3, -0.25) is 9.59 Å². The first-order chi connectivity index (χ1) is 26.5. The molecule has 0 radical (unpaired) electrons. The molecule has 0 aliphatic heterocycles. The van der Waals surface area contributed by atoms with Crippen LogP contribution >= 0.6 is 11.6 Å². The molecule has 4 aromatic rings. The molecule has 0 saturated carbocycles. The number of amides is 3. The number of halogens is 1. The van der Waals surface area contributed by atoms with Crippen LogP contribution in [0, 0.1) is 6.92 Å². The predicted octanol–water partition coefficient (Wildman–Crippen LogP) is 10.1. The number of anilines is 1. The highest BCUT2D eigenvalue weighted by molar-refractivity contribution is 6.32. The number of ether oxygens (including phenoxy) is 1. The van der Waals surface area contributed by atoms with Crippen molar-refractivity contribution in [3.05, 3.63) is 58.5 Å². The van der Waals surface area contributed by atoms with Gasteiger partial charge in [0.2, 0.25) is 5.88 Å². The summed E-state index contributed by atoms with van der Waals surface area (Å²) >= 11 is 6.40. The van der Waals surface area contributed by atoms with Crippen molar-refractivity contribution in [3.63, 3.8) is 0 Å². The van der Waals surface area contributed by atoms with Gasteiger partial charge in [0.15, 0.2) is 5.82 Å². The number of carbonyl (C=O) groups is 3. The number of methoxy groups -OCH3 is 1. The highest BCUT2D eigenvalue weighted by atomic mass is 35.5. The molecule has 0 aliphatic rings. The van der Waals surface area contributed by atoms with E-state index >= 15 is 0 Å². The van der Waals surface area contributed by atoms with E-state index in [0.29, 0.717) is 23.0 Å². The van der Waals surface area contributed by atoms with Gasteiger partial charge in [-0.15, -0.1) is 5.10 Å². The summed E-state index contributed by atoms with van der Waals surface area (Å²) in [5, 5.41) is 15.7. The summed E-state index contributed by atoms with van der Waals surface area (Å²) in [4.78, 5) is 47.2. The zero-order valence-corrected chi connectivity index (χ0v) is 34.5. The Morgan fingerprint density at radius 3 is 2.04 bits per heavy atom. The summed E-state index contributed by atoms with van der Waals surface area (Å²) in [5.74, 6) is -0.592. The van der Waals surface area contributed by atoms with Gasteiger partial charge in [0.05, 0.1) is 23.4 Å². The minimum Gasteiger partial charge on any atom is -0.480 e. The maximum atomic E-state index is 13.9. The molecule has 0 fully saturated rings. The summed E-state index contributed by atoms with van der Waals surface area (Å²) in [5.41, 5.74) is 1.40. The van der Waals surface area contributed by atoms with E-state index in [4.69, 9.17) is 16.3 Å². The van der Waals surface area contributed by atoms with E-state index in [-0.39, 0.29) is 45.7 Å². The van der Waals surface area contributed by atoms with Crippen molar-refractivity contribution in [2.75, 3.05) is 26.0 Å². The van der Waals surface area contributed by atoms with E-state index in [1.807, 2.05) is 13.8 Å². The molecule has 0 atom stereocenters. The van der Waals surface area contributed by atoms with Gasteiger partial charge in [0.25, 0.3) is 11.8 Å². The van der Waals surface area contributed by atoms with Gasteiger partial charge in [-0.2, -0.15) is 9.78 Å². The third-order valence-electron chi connectivity index (χ3n) is 9.82. The molecule has 13 heteroatoms. The number of hydrogen-bond donors (Lipinski definition) is 2. The van der Waals surface area contributed by atoms with Crippen molar-refractivity contribution in [3.8, 4) is 11.7 Å². The zero-order valence-electron chi connectivity index (χ0n) is 33.8. The van der Waals surface area contributed by atoms with E-state index in [1.54, 1.807) is 49.5 Å². The van der Waals surface area contributed by atoms with Crippen LogP contribution in [0.2, 0.25) is 5.02 Å². The summed E-state index contributed by atoms with van der Waals surface area (Å²) in [6, 6.07) is 6.09. The Morgan fingerprint density at radius 2 is 1.47 bits per heavy atom. The van der Waals surface area contributed by atoms with E-state index in [1.165, 1.54) is 106 Å². The molecule has 3 heterocycles. The number of aromatic nitrogens is 5. The Kier molecular flexibility index (Phi) is 17.5. The van der Waals surface area contributed by atoms with Crippen LogP contribution in [0.4, 0.5) is 10.5 Å². The highest BCUT2D eigenvalue weighted by Crippen LogP contribution is 2.31. The van der Waals surface area contributed by atoms with Crippen LogP contribution < -0.4 is 15.4 Å². The molecular formula is C42H61ClN8O4. The second kappa shape index (κ2) is 22.2. The first kappa shape index (κ1) is 43.3. The van der Waals surface area contributed by atoms with Crippen molar-refractivity contribution >= 4 is 46.0 Å². The second-order valence-corrected chi connectivity index (χ2v) is 15.2. The van der Waals surface area contributed by atoms with Gasteiger partial charge < -0.3 is 20.3 Å². The monoisotopic (exact) mass is 776 g/mol. The lowest BCUT2D eigenvalue weighted by atomic mass is 10.0. The molecule has 55 heavy (non-hydrogen) atoms. The van der Waals surface area contributed by atoms with Crippen molar-refractivity contribution < 1.29 is 19.1 Å². The van der Waals surface area contributed by atoms with Crippen LogP contribution in [0.5, 0.6) is 5.88 Å². The van der Waals surface area contributed by atoms with E-state index in [0.717, 1.165) is 19.3 Å². The number of nitrogens with zero attached hydrogens (tertiary/aromatic N) is 6. The summed E-state index contributed by atoms with van der Waals surface area (Å²) in [6.45, 7) is 8.36. The molecule has 0 bridgehead atoms. The quantitative estimate of drug-likeness (QED) is 0.0716. The number of unbranched alkanes of at least 4 members (excludes halogenated alkanes) is 15. The van der Waals surface area contributed by atoms with E-state index in [9.17, 15) is 14.4 Å². The maximum Gasteiger partial charge on any atom is 0.344 e. The second-order valence-electron chi connectivity index (χ2n) is 14.8. The maximum absolute atomic E-state index is 13.9. The SMILES string of the molecule is CCCCCCCCCCCCCCCCCCN(C)C(=O)n1cc2cc(C)c(NC(=O)c3cc(OC)nn3-c3ncccc3Cl)c(C(=O)NC(C)C)c2n1. The molecule has 0 aliphatic carbocycles. The number of aryl methyl sites for hydroxylation is 1. The topological polar surface area (TPSA) is 136 Å². The van der Waals surface area contributed by atoms with Crippen LogP contribution in [0.15, 0.2) is 36.7 Å². The first-order valence-corrected chi connectivity index (χ1v) is 20.6. The van der Waals surface area contributed by atoms with Gasteiger partial charge in [-0.05, 0) is 51.0 Å². The highest BCUT2D eigenvalue weighted by Gasteiger charge is 2.27. The number of rotatable bonds is 23. The van der Waals surface area contributed by atoms with Crippen LogP contribution in [0.3, 0.4) is 0 Å². The fourth-order valence-corrected chi connectivity index (χ4v) is 6.98. The Bertz CT molecular complexity index is 1850. The van der Waals surface area contributed by atoms with Crippen LogP contribution in [0.1, 0.15) is 150 Å². The molecule has 4 rings (SSSR count). The number of pyridine rings is 1. The molecule has 0 spiro atoms. The van der Waals surface area contributed by atoms with E-state index < -0.39 is 11.8 Å². The van der Waals surface area contributed by atoms with Crippen LogP contribution in [-0.2, 0) is 0 Å². The molecule has 12 nitrogen and oxygen atoms in total. The van der Waals surface area contributed by atoms with Crippen LogP contribution in [-0.4, -0.2) is 74.0 Å². The lowest BCUT2D eigenvalue weighted by Gasteiger charge is -2.17. The number of hydrogen-bond acceptors (Lipinski definition) is 7. The number of nitrogens with one attached hydrogen (secondary N) is 2. The third kappa shape index (κ3) is 12.5. The third-order valence-corrected chi connectivity index (χ3v) is 10.1. The molecule has 300 valence electrons. The number of fused-ring (bicyclic) bond motifs is 1. The fraction of sp³-hybridized carbons (Fsp3) is 0.571.